The number of esters is 1. The fraction of sp³-hybridized carbons (Fsp3) is 0.409. The molecule has 1 fully saturated rings. The van der Waals surface area contributed by atoms with Crippen molar-refractivity contribution >= 4 is 57.6 Å². The molecule has 2 heterocycles. The molecule has 2 aromatic rings. The third-order valence-corrected chi connectivity index (χ3v) is 6.55. The molecule has 1 saturated heterocycles. The van der Waals surface area contributed by atoms with E-state index >= 15 is 0 Å². The molecule has 0 spiro atoms. The second-order valence-corrected chi connectivity index (χ2v) is 12.7. The maximum Gasteiger partial charge on any atom is 0.380 e. The van der Waals surface area contributed by atoms with E-state index in [1.165, 1.54) is 19.1 Å². The molecular formula is C22H23Cl2N4O11P. The zero-order valence-electron chi connectivity index (χ0n) is 21.0. The third kappa shape index (κ3) is 8.83. The molecule has 3 atom stereocenters. The van der Waals surface area contributed by atoms with Crippen LogP contribution in [-0.2, 0) is 34.6 Å². The van der Waals surface area contributed by atoms with Crippen molar-refractivity contribution in [2.45, 2.75) is 45.0 Å². The molecule has 1 N–H and O–H groups in total. The highest BCUT2D eigenvalue weighted by Gasteiger charge is 2.42. The molecule has 0 saturated carbocycles. The number of carbonyl (C=O) groups excluding carboxylic acids is 2. The van der Waals surface area contributed by atoms with Crippen molar-refractivity contribution in [2.24, 2.45) is 0 Å². The van der Waals surface area contributed by atoms with Crippen molar-refractivity contribution in [1.29, 1.82) is 0 Å². The number of amides is 1. The van der Waals surface area contributed by atoms with Crippen LogP contribution >= 0.6 is 28.6 Å². The van der Waals surface area contributed by atoms with Crippen molar-refractivity contribution in [3.63, 3.8) is 0 Å². The number of carbonyl (C=O) groups is 2. The van der Waals surface area contributed by atoms with Crippen LogP contribution in [0.3, 0.4) is 0 Å². The highest BCUT2D eigenvalue weighted by atomic mass is 35.9. The SMILES string of the molecule is CC(=O)Nc1nc(OCCc2ccc([N+](=O)[O-])cc2)c(C2CC(OC(C)=O)C(COP(=O)(Cl)Cl)O2)cc1[N+](=O)[O-]. The Kier molecular flexibility index (Phi) is 10.4. The number of rotatable bonds is 12. The van der Waals surface area contributed by atoms with Gasteiger partial charge in [-0.25, -0.2) is 0 Å². The zero-order chi connectivity index (χ0) is 29.6. The normalized spacial score (nSPS) is 18.6. The molecule has 3 unspecified atom stereocenters. The predicted molar refractivity (Wildman–Crippen MR) is 141 cm³/mol. The summed E-state index contributed by atoms with van der Waals surface area (Å²) in [5.74, 6) is -1.75. The van der Waals surface area contributed by atoms with Crippen LogP contribution in [0.15, 0.2) is 30.3 Å². The standard InChI is InChI=1S/C22H23Cl2N4O11P/c1-12(29)25-21-17(28(33)34)9-16(18-10-19(38-13(2)30)20(39-18)11-37-40(23,24)35)22(26-21)36-8-7-14-3-5-15(6-4-14)27(31)32/h3-6,9,18-20H,7-8,10-11H2,1-2H3,(H,25,26,29). The molecule has 1 aliphatic rings. The Bertz CT molecular complexity index is 1340. The number of pyridine rings is 1. The number of nitro groups is 2. The van der Waals surface area contributed by atoms with Gasteiger partial charge >= 0.3 is 17.7 Å². The molecule has 3 rings (SSSR count). The highest BCUT2D eigenvalue weighted by Crippen LogP contribution is 2.58. The lowest BCUT2D eigenvalue weighted by Gasteiger charge is -2.19. The summed E-state index contributed by atoms with van der Waals surface area (Å²) >= 11 is 10.9. The summed E-state index contributed by atoms with van der Waals surface area (Å²) in [5, 5.41) is 24.9. The minimum Gasteiger partial charge on any atom is -0.477 e. The van der Waals surface area contributed by atoms with E-state index in [4.69, 9.17) is 41.2 Å². The van der Waals surface area contributed by atoms with Crippen LogP contribution in [0.1, 0.15) is 37.5 Å². The summed E-state index contributed by atoms with van der Waals surface area (Å²) < 4.78 is 33.6. The molecule has 0 bridgehead atoms. The van der Waals surface area contributed by atoms with E-state index in [1.54, 1.807) is 12.1 Å². The number of nitrogens with zero attached hydrogens (tertiary/aromatic N) is 3. The number of anilines is 1. The second-order valence-electron chi connectivity index (χ2n) is 8.47. The van der Waals surface area contributed by atoms with Crippen molar-refractivity contribution in [1.82, 2.24) is 4.98 Å². The number of hydrogen-bond acceptors (Lipinski definition) is 12. The average molecular weight is 621 g/mol. The topological polar surface area (TPSA) is 199 Å². The fourth-order valence-electron chi connectivity index (χ4n) is 3.86. The van der Waals surface area contributed by atoms with Gasteiger partial charge in [-0.15, -0.1) is 0 Å². The first kappa shape index (κ1) is 31.2. The fourth-order valence-corrected chi connectivity index (χ4v) is 4.51. The van der Waals surface area contributed by atoms with Crippen molar-refractivity contribution in [3.8, 4) is 5.88 Å². The monoisotopic (exact) mass is 620 g/mol. The number of halogens is 2. The van der Waals surface area contributed by atoms with Gasteiger partial charge in [0.25, 0.3) is 5.69 Å². The Morgan fingerprint density at radius 1 is 1.18 bits per heavy atom. The van der Waals surface area contributed by atoms with Gasteiger partial charge in [0.05, 0.1) is 34.7 Å². The molecule has 216 valence electrons. The van der Waals surface area contributed by atoms with Gasteiger partial charge in [-0.05, 0) is 28.0 Å². The third-order valence-electron chi connectivity index (χ3n) is 5.52. The number of aromatic nitrogens is 1. The second kappa shape index (κ2) is 13.3. The summed E-state index contributed by atoms with van der Waals surface area (Å²) in [6.45, 7) is 1.88. The van der Waals surface area contributed by atoms with Gasteiger partial charge < -0.3 is 24.1 Å². The minimum absolute atomic E-state index is 0.0105. The first-order valence-corrected chi connectivity index (χ1v) is 15.0. The van der Waals surface area contributed by atoms with E-state index in [0.29, 0.717) is 5.56 Å². The van der Waals surface area contributed by atoms with Crippen molar-refractivity contribution in [2.75, 3.05) is 18.5 Å². The van der Waals surface area contributed by atoms with Crippen LogP contribution in [0.25, 0.3) is 0 Å². The smallest absolute Gasteiger partial charge is 0.380 e. The van der Waals surface area contributed by atoms with E-state index in [-0.39, 0.29) is 42.4 Å². The molecule has 18 heteroatoms. The molecule has 15 nitrogen and oxygen atoms in total. The van der Waals surface area contributed by atoms with Gasteiger partial charge in [0, 0.05) is 44.9 Å². The van der Waals surface area contributed by atoms with E-state index in [9.17, 15) is 34.4 Å². The molecule has 1 aromatic carbocycles. The Hall–Kier alpha value is -3.36. The maximum atomic E-state index is 11.8. The van der Waals surface area contributed by atoms with Crippen LogP contribution in [-0.4, -0.2) is 52.1 Å². The molecule has 0 aliphatic carbocycles. The summed E-state index contributed by atoms with van der Waals surface area (Å²) in [6, 6.07) is 6.89. The number of nitrogens with one attached hydrogen (secondary N) is 1. The molecule has 1 aromatic heterocycles. The van der Waals surface area contributed by atoms with Gasteiger partial charge in [0.1, 0.15) is 12.2 Å². The van der Waals surface area contributed by atoms with Crippen molar-refractivity contribution < 1.29 is 42.7 Å². The van der Waals surface area contributed by atoms with Gasteiger partial charge in [-0.1, -0.05) is 12.1 Å². The summed E-state index contributed by atoms with van der Waals surface area (Å²) in [5.41, 5.74) is 0.171. The van der Waals surface area contributed by atoms with E-state index in [1.807, 2.05) is 0 Å². The highest BCUT2D eigenvalue weighted by molar-refractivity contribution is 8.05. The lowest BCUT2D eigenvalue weighted by atomic mass is 10.0. The van der Waals surface area contributed by atoms with Crippen LogP contribution in [0.2, 0.25) is 0 Å². The van der Waals surface area contributed by atoms with Gasteiger partial charge in [-0.3, -0.25) is 34.4 Å². The lowest BCUT2D eigenvalue weighted by Crippen LogP contribution is -2.29. The minimum atomic E-state index is -3.95. The molecule has 1 aliphatic heterocycles. The summed E-state index contributed by atoms with van der Waals surface area (Å²) in [6.07, 6.45) is -6.59. The molecule has 40 heavy (non-hydrogen) atoms. The zero-order valence-corrected chi connectivity index (χ0v) is 23.4. The van der Waals surface area contributed by atoms with Crippen LogP contribution in [0, 0.1) is 20.2 Å². The summed E-state index contributed by atoms with van der Waals surface area (Å²) in [4.78, 5) is 48.8. The summed E-state index contributed by atoms with van der Waals surface area (Å²) in [7, 11) is 0. The number of non-ortho nitro benzene ring substituents is 1. The van der Waals surface area contributed by atoms with E-state index < -0.39 is 58.4 Å². The predicted octanol–water partition coefficient (Wildman–Crippen LogP) is 4.84. The van der Waals surface area contributed by atoms with Crippen molar-refractivity contribution in [3.05, 3.63) is 61.7 Å². The van der Waals surface area contributed by atoms with Gasteiger partial charge in [-0.2, -0.15) is 4.98 Å². The van der Waals surface area contributed by atoms with E-state index in [2.05, 4.69) is 10.3 Å². The number of nitro benzene ring substituents is 1. The van der Waals surface area contributed by atoms with E-state index in [0.717, 1.165) is 13.0 Å². The number of benzene rings is 1. The molecular weight excluding hydrogens is 598 g/mol. The first-order chi connectivity index (χ1) is 18.7. The Balaban J connectivity index is 1.92. The lowest BCUT2D eigenvalue weighted by molar-refractivity contribution is -0.384. The number of hydrogen-bond donors (Lipinski definition) is 1. The first-order valence-electron chi connectivity index (χ1n) is 11.5. The largest absolute Gasteiger partial charge is 0.477 e. The quantitative estimate of drug-likeness (QED) is 0.147. The van der Waals surface area contributed by atoms with Crippen LogP contribution in [0.5, 0.6) is 5.88 Å². The maximum absolute atomic E-state index is 11.8. The van der Waals surface area contributed by atoms with Gasteiger partial charge in [0.2, 0.25) is 17.6 Å². The number of ether oxygens (including phenoxy) is 3. The van der Waals surface area contributed by atoms with Crippen LogP contribution in [0.4, 0.5) is 17.2 Å². The van der Waals surface area contributed by atoms with Crippen LogP contribution < -0.4 is 10.1 Å². The Morgan fingerprint density at radius 3 is 2.40 bits per heavy atom. The molecule has 0 radical (unpaired) electrons. The Morgan fingerprint density at radius 2 is 1.85 bits per heavy atom. The molecule has 1 amide bonds. The Labute approximate surface area is 236 Å². The van der Waals surface area contributed by atoms with Gasteiger partial charge in [0.15, 0.2) is 0 Å². The average Bonchev–Trinajstić information content (AvgIpc) is 3.23.